The molecule has 1 atom stereocenters. The second kappa shape index (κ2) is 7.91. The lowest BCUT2D eigenvalue weighted by molar-refractivity contribution is 0.146. The smallest absolute Gasteiger partial charge is 0.0558 e. The van der Waals surface area contributed by atoms with E-state index in [0.717, 1.165) is 32.1 Å². The van der Waals surface area contributed by atoms with E-state index in [1.807, 2.05) is 0 Å². The molecule has 0 bridgehead atoms. The fourth-order valence-electron chi connectivity index (χ4n) is 3.64. The lowest BCUT2D eigenvalue weighted by Crippen LogP contribution is -2.39. The molecular weight excluding hydrogens is 284 g/mol. The molecule has 3 heteroatoms. The summed E-state index contributed by atoms with van der Waals surface area (Å²) in [5, 5.41) is 15.4. The molecule has 0 amide bonds. The molecule has 0 saturated carbocycles. The van der Waals surface area contributed by atoms with Crippen molar-refractivity contribution in [3.05, 3.63) is 48.0 Å². The van der Waals surface area contributed by atoms with Gasteiger partial charge in [0.1, 0.15) is 0 Å². The topological polar surface area (TPSA) is 35.5 Å². The first-order valence-electron chi connectivity index (χ1n) is 8.82. The predicted octanol–water partition coefficient (Wildman–Crippen LogP) is 3.19. The van der Waals surface area contributed by atoms with Crippen LogP contribution in [0, 0.1) is 5.92 Å². The molecule has 2 N–H and O–H groups in total. The Morgan fingerprint density at radius 3 is 2.65 bits per heavy atom. The van der Waals surface area contributed by atoms with Gasteiger partial charge in [0, 0.05) is 12.6 Å². The minimum atomic E-state index is 0.279. The van der Waals surface area contributed by atoms with Gasteiger partial charge >= 0.3 is 0 Å². The van der Waals surface area contributed by atoms with Crippen molar-refractivity contribution in [1.29, 1.82) is 0 Å². The maximum Gasteiger partial charge on any atom is 0.0558 e. The molecule has 2 aromatic rings. The number of aliphatic hydroxyl groups is 1. The molecule has 23 heavy (non-hydrogen) atoms. The van der Waals surface area contributed by atoms with Crippen LogP contribution in [0.2, 0.25) is 0 Å². The molecule has 1 saturated heterocycles. The minimum Gasteiger partial charge on any atom is -0.395 e. The fraction of sp³-hybridized carbons (Fsp3) is 0.500. The summed E-state index contributed by atoms with van der Waals surface area (Å²) in [7, 11) is 0. The van der Waals surface area contributed by atoms with Gasteiger partial charge in [0.05, 0.1) is 6.61 Å². The summed E-state index contributed by atoms with van der Waals surface area (Å²) in [5.41, 5.74) is 1.39. The molecule has 0 radical (unpaired) electrons. The standard InChI is InChI=1S/C20H28N2O/c1-16(19-8-4-6-18-5-2-3-7-20(18)19)21-15-17-9-11-22(12-10-17)13-14-23/h2-8,16-17,21,23H,9-15H2,1H3/t16-/m0/s1. The normalized spacial score (nSPS) is 18.3. The Balaban J connectivity index is 1.56. The van der Waals surface area contributed by atoms with Crippen LogP contribution in [0.1, 0.15) is 31.4 Å². The summed E-state index contributed by atoms with van der Waals surface area (Å²) in [5.74, 6) is 0.752. The summed E-state index contributed by atoms with van der Waals surface area (Å²) < 4.78 is 0. The Hall–Kier alpha value is -1.42. The van der Waals surface area contributed by atoms with Crippen molar-refractivity contribution in [1.82, 2.24) is 10.2 Å². The highest BCUT2D eigenvalue weighted by molar-refractivity contribution is 5.86. The number of nitrogens with zero attached hydrogens (tertiary/aromatic N) is 1. The van der Waals surface area contributed by atoms with E-state index < -0.39 is 0 Å². The van der Waals surface area contributed by atoms with Gasteiger partial charge in [-0.2, -0.15) is 0 Å². The Bertz CT molecular complexity index is 615. The van der Waals surface area contributed by atoms with Crippen LogP contribution in [0.5, 0.6) is 0 Å². The Morgan fingerprint density at radius 1 is 1.13 bits per heavy atom. The highest BCUT2D eigenvalue weighted by Crippen LogP contribution is 2.25. The second-order valence-corrected chi connectivity index (χ2v) is 6.71. The monoisotopic (exact) mass is 312 g/mol. The third-order valence-electron chi connectivity index (χ3n) is 5.13. The number of likely N-dealkylation sites (tertiary alicyclic amines) is 1. The maximum atomic E-state index is 9.02. The Morgan fingerprint density at radius 2 is 1.87 bits per heavy atom. The number of aliphatic hydroxyl groups excluding tert-OH is 1. The van der Waals surface area contributed by atoms with Crippen molar-refractivity contribution in [2.24, 2.45) is 5.92 Å². The summed E-state index contributed by atoms with van der Waals surface area (Å²) in [6, 6.07) is 15.6. The highest BCUT2D eigenvalue weighted by Gasteiger charge is 2.19. The molecule has 1 aliphatic rings. The van der Waals surface area contributed by atoms with Crippen LogP contribution >= 0.6 is 0 Å². The number of hydrogen-bond acceptors (Lipinski definition) is 3. The van der Waals surface area contributed by atoms with Crippen molar-refractivity contribution in [2.75, 3.05) is 32.8 Å². The summed E-state index contributed by atoms with van der Waals surface area (Å²) in [6.45, 7) is 6.69. The van der Waals surface area contributed by atoms with Gasteiger partial charge in [0.15, 0.2) is 0 Å². The average molecular weight is 312 g/mol. The highest BCUT2D eigenvalue weighted by atomic mass is 16.3. The SMILES string of the molecule is C[C@H](NCC1CCN(CCO)CC1)c1cccc2ccccc12. The maximum absolute atomic E-state index is 9.02. The molecule has 1 fully saturated rings. The van der Waals surface area contributed by atoms with Crippen LogP contribution in [0.3, 0.4) is 0 Å². The van der Waals surface area contributed by atoms with Crippen molar-refractivity contribution in [3.63, 3.8) is 0 Å². The zero-order valence-electron chi connectivity index (χ0n) is 14.0. The van der Waals surface area contributed by atoms with E-state index in [4.69, 9.17) is 5.11 Å². The quantitative estimate of drug-likeness (QED) is 0.860. The van der Waals surface area contributed by atoms with Gasteiger partial charge in [-0.25, -0.2) is 0 Å². The van der Waals surface area contributed by atoms with Gasteiger partial charge in [0.2, 0.25) is 0 Å². The third-order valence-corrected chi connectivity index (χ3v) is 5.13. The molecule has 0 unspecified atom stereocenters. The number of rotatable bonds is 6. The van der Waals surface area contributed by atoms with E-state index in [-0.39, 0.29) is 6.61 Å². The van der Waals surface area contributed by atoms with Crippen LogP contribution in [-0.4, -0.2) is 42.8 Å². The van der Waals surface area contributed by atoms with E-state index in [0.29, 0.717) is 6.04 Å². The van der Waals surface area contributed by atoms with E-state index >= 15 is 0 Å². The van der Waals surface area contributed by atoms with Crippen molar-refractivity contribution in [2.45, 2.75) is 25.8 Å². The van der Waals surface area contributed by atoms with Crippen molar-refractivity contribution < 1.29 is 5.11 Å². The van der Waals surface area contributed by atoms with Crippen molar-refractivity contribution >= 4 is 10.8 Å². The first kappa shape index (κ1) is 16.4. The zero-order valence-corrected chi connectivity index (χ0v) is 14.0. The van der Waals surface area contributed by atoms with E-state index in [1.54, 1.807) is 0 Å². The van der Waals surface area contributed by atoms with Gasteiger partial charge in [-0.3, -0.25) is 0 Å². The van der Waals surface area contributed by atoms with Crippen LogP contribution < -0.4 is 5.32 Å². The van der Waals surface area contributed by atoms with E-state index in [2.05, 4.69) is 59.6 Å². The van der Waals surface area contributed by atoms with Crippen molar-refractivity contribution in [3.8, 4) is 0 Å². The van der Waals surface area contributed by atoms with Gasteiger partial charge in [0.25, 0.3) is 0 Å². The van der Waals surface area contributed by atoms with Crippen LogP contribution in [-0.2, 0) is 0 Å². The molecule has 1 aliphatic heterocycles. The lowest BCUT2D eigenvalue weighted by Gasteiger charge is -2.32. The molecule has 1 heterocycles. The van der Waals surface area contributed by atoms with Crippen LogP contribution in [0.4, 0.5) is 0 Å². The summed E-state index contributed by atoms with van der Waals surface area (Å²) in [4.78, 5) is 2.37. The minimum absolute atomic E-state index is 0.279. The Kier molecular flexibility index (Phi) is 5.65. The fourth-order valence-corrected chi connectivity index (χ4v) is 3.64. The Labute approximate surface area is 139 Å². The number of fused-ring (bicyclic) bond motifs is 1. The zero-order chi connectivity index (χ0) is 16.1. The molecule has 3 nitrogen and oxygen atoms in total. The first-order valence-corrected chi connectivity index (χ1v) is 8.82. The van der Waals surface area contributed by atoms with Gasteiger partial charge in [-0.15, -0.1) is 0 Å². The molecule has 0 aliphatic carbocycles. The molecule has 0 aromatic heterocycles. The molecule has 2 aromatic carbocycles. The molecule has 3 rings (SSSR count). The van der Waals surface area contributed by atoms with Crippen LogP contribution in [0.15, 0.2) is 42.5 Å². The average Bonchev–Trinajstić information content (AvgIpc) is 2.60. The molecule has 0 spiro atoms. The van der Waals surface area contributed by atoms with E-state index in [9.17, 15) is 0 Å². The molecular formula is C20H28N2O. The molecule has 124 valence electrons. The van der Waals surface area contributed by atoms with Gasteiger partial charge in [-0.05, 0) is 61.7 Å². The second-order valence-electron chi connectivity index (χ2n) is 6.71. The number of benzene rings is 2. The number of β-amino-alcohol motifs (C(OH)–C–C–N with tert-alkyl or cyclic N) is 1. The van der Waals surface area contributed by atoms with Crippen LogP contribution in [0.25, 0.3) is 10.8 Å². The first-order chi connectivity index (χ1) is 11.3. The summed E-state index contributed by atoms with van der Waals surface area (Å²) in [6.07, 6.45) is 2.46. The van der Waals surface area contributed by atoms with E-state index in [1.165, 1.54) is 29.2 Å². The number of nitrogens with one attached hydrogen (secondary N) is 1. The lowest BCUT2D eigenvalue weighted by atomic mass is 9.95. The van der Waals surface area contributed by atoms with Gasteiger partial charge < -0.3 is 15.3 Å². The van der Waals surface area contributed by atoms with Gasteiger partial charge in [-0.1, -0.05) is 42.5 Å². The summed E-state index contributed by atoms with van der Waals surface area (Å²) >= 11 is 0. The third kappa shape index (κ3) is 4.11. The predicted molar refractivity (Wildman–Crippen MR) is 96.6 cm³/mol. The number of piperidine rings is 1. The number of hydrogen-bond donors (Lipinski definition) is 2. The largest absolute Gasteiger partial charge is 0.395 e.